The summed E-state index contributed by atoms with van der Waals surface area (Å²) in [5.74, 6) is 1.90. The van der Waals surface area contributed by atoms with Gasteiger partial charge in [-0.2, -0.15) is 0 Å². The lowest BCUT2D eigenvalue weighted by atomic mass is 9.73. The smallest absolute Gasteiger partial charge is 0.164 e. The molecule has 0 saturated carbocycles. The molecule has 0 aliphatic carbocycles. The summed E-state index contributed by atoms with van der Waals surface area (Å²) >= 11 is 0. The largest absolute Gasteiger partial charge is 0.310 e. The summed E-state index contributed by atoms with van der Waals surface area (Å²) in [4.78, 5) is 17.7. The van der Waals surface area contributed by atoms with Gasteiger partial charge in [0.15, 0.2) is 17.5 Å². The van der Waals surface area contributed by atoms with E-state index in [4.69, 9.17) is 15.0 Å². The van der Waals surface area contributed by atoms with Crippen LogP contribution >= 0.6 is 0 Å². The number of hydrogen-bond acceptors (Lipinski definition) is 4. The van der Waals surface area contributed by atoms with Crippen molar-refractivity contribution in [2.45, 2.75) is 19.3 Å². The van der Waals surface area contributed by atoms with Crippen LogP contribution < -0.4 is 4.90 Å². The first kappa shape index (κ1) is 37.2. The Bertz CT molecular complexity index is 3800. The molecule has 0 radical (unpaired) electrons. The van der Waals surface area contributed by atoms with Gasteiger partial charge in [-0.15, -0.1) is 0 Å². The van der Waals surface area contributed by atoms with Crippen molar-refractivity contribution in [3.8, 4) is 39.9 Å². The quantitative estimate of drug-likeness (QED) is 0.162. The number of hydrogen-bond donors (Lipinski definition) is 0. The van der Waals surface area contributed by atoms with Gasteiger partial charge in [-0.3, -0.25) is 0 Å². The van der Waals surface area contributed by atoms with Crippen LogP contribution in [0, 0.1) is 0 Å². The third-order valence-corrected chi connectivity index (χ3v) is 13.6. The maximum absolute atomic E-state index is 5.12. The summed E-state index contributed by atoms with van der Waals surface area (Å²) in [5.41, 5.74) is 11.8. The van der Waals surface area contributed by atoms with Gasteiger partial charge in [0.1, 0.15) is 0 Å². The molecule has 10 aromatic carbocycles. The molecule has 13 rings (SSSR count). The normalized spacial score (nSPS) is 13.2. The highest BCUT2D eigenvalue weighted by molar-refractivity contribution is 6.29. The minimum Gasteiger partial charge on any atom is -0.310 e. The minimum atomic E-state index is -0.307. The van der Waals surface area contributed by atoms with Gasteiger partial charge in [-0.1, -0.05) is 172 Å². The monoisotopic (exact) mass is 831 g/mol. The van der Waals surface area contributed by atoms with Crippen LogP contribution in [0.3, 0.4) is 0 Å². The highest BCUT2D eigenvalue weighted by Crippen LogP contribution is 2.54. The zero-order valence-electron chi connectivity index (χ0n) is 35.9. The molecule has 0 bridgehead atoms. The lowest BCUT2D eigenvalue weighted by Gasteiger charge is -2.42. The van der Waals surface area contributed by atoms with Crippen molar-refractivity contribution in [1.29, 1.82) is 0 Å². The Morgan fingerprint density at radius 2 is 0.785 bits per heavy atom. The molecule has 5 nitrogen and oxygen atoms in total. The van der Waals surface area contributed by atoms with E-state index in [-0.39, 0.29) is 5.41 Å². The van der Waals surface area contributed by atoms with Gasteiger partial charge >= 0.3 is 0 Å². The second-order valence-corrected chi connectivity index (χ2v) is 17.6. The van der Waals surface area contributed by atoms with Crippen molar-refractivity contribution in [3.05, 3.63) is 223 Å². The molecule has 0 amide bonds. The van der Waals surface area contributed by atoms with Crippen molar-refractivity contribution < 1.29 is 0 Å². The van der Waals surface area contributed by atoms with E-state index in [0.29, 0.717) is 17.5 Å². The Morgan fingerprint density at radius 3 is 1.42 bits per heavy atom. The van der Waals surface area contributed by atoms with E-state index in [2.05, 4.69) is 199 Å². The molecule has 5 heteroatoms. The van der Waals surface area contributed by atoms with Crippen LogP contribution in [-0.4, -0.2) is 19.5 Å². The van der Waals surface area contributed by atoms with Gasteiger partial charge in [0.2, 0.25) is 0 Å². The average Bonchev–Trinajstić information content (AvgIpc) is 3.68. The fraction of sp³-hybridized carbons (Fsp3) is 0.0500. The second-order valence-electron chi connectivity index (χ2n) is 17.6. The number of rotatable bonds is 5. The molecule has 306 valence electrons. The van der Waals surface area contributed by atoms with Crippen molar-refractivity contribution in [2.75, 3.05) is 4.90 Å². The van der Waals surface area contributed by atoms with E-state index in [1.807, 2.05) is 36.4 Å². The molecule has 0 unspecified atom stereocenters. The number of fused-ring (bicyclic) bond motifs is 11. The van der Waals surface area contributed by atoms with Crippen LogP contribution in [0.2, 0.25) is 0 Å². The molecule has 0 saturated heterocycles. The zero-order valence-corrected chi connectivity index (χ0v) is 35.9. The van der Waals surface area contributed by atoms with Gasteiger partial charge in [0.05, 0.1) is 22.4 Å². The summed E-state index contributed by atoms with van der Waals surface area (Å²) in [6.45, 7) is 4.74. The van der Waals surface area contributed by atoms with Crippen LogP contribution in [0.4, 0.5) is 17.1 Å². The number of benzene rings is 10. The van der Waals surface area contributed by atoms with Crippen LogP contribution in [0.15, 0.2) is 212 Å². The lowest BCUT2D eigenvalue weighted by molar-refractivity contribution is 0.633. The van der Waals surface area contributed by atoms with E-state index in [0.717, 1.165) is 45.0 Å². The van der Waals surface area contributed by atoms with Gasteiger partial charge in [-0.05, 0) is 98.0 Å². The SMILES string of the molecule is CC1(C)c2ccccc2N(c2cccc(-c3nc(-c4ccccc4)nc(-c4ccccc4)n3)c2)c2cc3c(cc21)c1cc2c4ccccc4c4ccccc4c2cc1n3-c1ccccc1. The Labute approximate surface area is 376 Å². The summed E-state index contributed by atoms with van der Waals surface area (Å²) in [5, 5.41) is 10.1. The number of anilines is 3. The molecule has 1 aliphatic rings. The fourth-order valence-corrected chi connectivity index (χ4v) is 10.5. The first-order chi connectivity index (χ1) is 32.0. The summed E-state index contributed by atoms with van der Waals surface area (Å²) < 4.78 is 2.47. The van der Waals surface area contributed by atoms with Crippen LogP contribution in [0.25, 0.3) is 94.0 Å². The highest BCUT2D eigenvalue weighted by Gasteiger charge is 2.38. The third-order valence-electron chi connectivity index (χ3n) is 13.6. The predicted molar refractivity (Wildman–Crippen MR) is 270 cm³/mol. The topological polar surface area (TPSA) is 46.8 Å². The first-order valence-corrected chi connectivity index (χ1v) is 22.3. The highest BCUT2D eigenvalue weighted by atomic mass is 15.2. The van der Waals surface area contributed by atoms with E-state index in [9.17, 15) is 0 Å². The summed E-state index contributed by atoms with van der Waals surface area (Å²) in [6.07, 6.45) is 0. The van der Waals surface area contributed by atoms with Gasteiger partial charge in [0.25, 0.3) is 0 Å². The van der Waals surface area contributed by atoms with Gasteiger partial charge < -0.3 is 9.47 Å². The predicted octanol–water partition coefficient (Wildman–Crippen LogP) is 15.5. The first-order valence-electron chi connectivity index (χ1n) is 22.3. The van der Waals surface area contributed by atoms with Gasteiger partial charge in [-0.25, -0.2) is 15.0 Å². The zero-order chi connectivity index (χ0) is 43.2. The Kier molecular flexibility index (Phi) is 8.18. The lowest BCUT2D eigenvalue weighted by Crippen LogP contribution is -2.30. The molecule has 1 aliphatic heterocycles. The van der Waals surface area contributed by atoms with E-state index < -0.39 is 0 Å². The number of para-hydroxylation sites is 2. The number of nitrogens with zero attached hydrogens (tertiary/aromatic N) is 5. The second kappa shape index (κ2) is 14.3. The average molecular weight is 832 g/mol. The van der Waals surface area contributed by atoms with E-state index in [1.54, 1.807) is 0 Å². The molecule has 2 aromatic heterocycles. The van der Waals surface area contributed by atoms with Crippen LogP contribution in [0.1, 0.15) is 25.0 Å². The molecule has 0 fully saturated rings. The molecule has 12 aromatic rings. The summed E-state index contributed by atoms with van der Waals surface area (Å²) in [6, 6.07) is 76.2. The Balaban J connectivity index is 1.08. The van der Waals surface area contributed by atoms with E-state index in [1.165, 1.54) is 59.7 Å². The van der Waals surface area contributed by atoms with Gasteiger partial charge in [0, 0.05) is 44.3 Å². The maximum atomic E-state index is 5.12. The molecule has 0 spiro atoms. The fourth-order valence-electron chi connectivity index (χ4n) is 10.5. The van der Waals surface area contributed by atoms with Crippen molar-refractivity contribution in [3.63, 3.8) is 0 Å². The number of aromatic nitrogens is 4. The third kappa shape index (κ3) is 5.75. The Hall–Kier alpha value is -8.41. The maximum Gasteiger partial charge on any atom is 0.164 e. The molecule has 3 heterocycles. The van der Waals surface area contributed by atoms with Crippen LogP contribution in [0.5, 0.6) is 0 Å². The van der Waals surface area contributed by atoms with Crippen LogP contribution in [-0.2, 0) is 5.41 Å². The molecule has 0 atom stereocenters. The van der Waals surface area contributed by atoms with Crippen molar-refractivity contribution >= 4 is 71.2 Å². The summed E-state index contributed by atoms with van der Waals surface area (Å²) in [7, 11) is 0. The molecular weight excluding hydrogens is 791 g/mol. The van der Waals surface area contributed by atoms with E-state index >= 15 is 0 Å². The molecule has 65 heavy (non-hydrogen) atoms. The van der Waals surface area contributed by atoms with Crippen molar-refractivity contribution in [2.24, 2.45) is 0 Å². The van der Waals surface area contributed by atoms with Crippen molar-refractivity contribution in [1.82, 2.24) is 19.5 Å². The standard InChI is InChI=1S/C60H41N5/c1-60(2)51-31-16-17-32-53(51)65(42-26-18-23-40(33-42)59-62-57(38-19-6-3-7-20-38)61-58(63-59)39-21-8-4-9-22-39)56-37-55-50(35-52(56)60)49-34-47-45-29-14-12-27-43(45)44-28-13-15-30-46(44)48(47)36-54(49)64(55)41-24-10-5-11-25-41/h3-37H,1-2H3. The molecule has 0 N–H and O–H groups in total. The minimum absolute atomic E-state index is 0.307. The Morgan fingerprint density at radius 1 is 0.323 bits per heavy atom. The molecular formula is C60H41N5.